The van der Waals surface area contributed by atoms with Crippen molar-refractivity contribution in [3.63, 3.8) is 0 Å². The van der Waals surface area contributed by atoms with Gasteiger partial charge in [-0.2, -0.15) is 0 Å². The van der Waals surface area contributed by atoms with Gasteiger partial charge in [0.2, 0.25) is 5.91 Å². The van der Waals surface area contributed by atoms with Crippen molar-refractivity contribution >= 4 is 29.3 Å². The Morgan fingerprint density at radius 3 is 2.31 bits per heavy atom. The Morgan fingerprint density at radius 2 is 1.66 bits per heavy atom. The van der Waals surface area contributed by atoms with Gasteiger partial charge in [0.15, 0.2) is 0 Å². The van der Waals surface area contributed by atoms with E-state index >= 15 is 0 Å². The number of carbonyl (C=O) groups excluding carboxylic acids is 3. The maximum absolute atomic E-state index is 13.0. The third kappa shape index (κ3) is 5.10. The first-order valence-corrected chi connectivity index (χ1v) is 9.39. The fourth-order valence-corrected chi connectivity index (χ4v) is 3.14. The van der Waals surface area contributed by atoms with E-state index in [1.54, 1.807) is 31.2 Å². The Morgan fingerprint density at radius 1 is 1.03 bits per heavy atom. The SMILES string of the molecule is CCOC(=O)c1ccc(NC(=O)[C@@H]2CCCN2C(=O)Nc2ccc(F)cc2)cc1. The van der Waals surface area contributed by atoms with Gasteiger partial charge in [0.1, 0.15) is 11.9 Å². The second-order valence-corrected chi connectivity index (χ2v) is 6.58. The first-order valence-electron chi connectivity index (χ1n) is 9.39. The molecule has 0 saturated carbocycles. The van der Waals surface area contributed by atoms with Crippen LogP contribution in [-0.4, -0.2) is 42.0 Å². The molecule has 2 aromatic rings. The Hall–Kier alpha value is -3.42. The Kier molecular flexibility index (Phi) is 6.43. The predicted molar refractivity (Wildman–Crippen MR) is 106 cm³/mol. The smallest absolute Gasteiger partial charge is 0.338 e. The lowest BCUT2D eigenvalue weighted by Crippen LogP contribution is -2.45. The molecule has 0 bridgehead atoms. The van der Waals surface area contributed by atoms with Crippen LogP contribution in [0.3, 0.4) is 0 Å². The summed E-state index contributed by atoms with van der Waals surface area (Å²) in [6.07, 6.45) is 1.25. The predicted octanol–water partition coefficient (Wildman–Crippen LogP) is 3.64. The highest BCUT2D eigenvalue weighted by atomic mass is 19.1. The topological polar surface area (TPSA) is 87.7 Å². The van der Waals surface area contributed by atoms with Gasteiger partial charge in [-0.3, -0.25) is 4.79 Å². The number of carbonyl (C=O) groups is 3. The van der Waals surface area contributed by atoms with E-state index in [4.69, 9.17) is 4.74 Å². The number of hydrogen-bond donors (Lipinski definition) is 2. The molecule has 2 N–H and O–H groups in total. The highest BCUT2D eigenvalue weighted by molar-refractivity contribution is 6.00. The molecule has 2 aromatic carbocycles. The molecule has 1 heterocycles. The van der Waals surface area contributed by atoms with Gasteiger partial charge in [-0.05, 0) is 68.3 Å². The first kappa shape index (κ1) is 20.3. The van der Waals surface area contributed by atoms with Gasteiger partial charge >= 0.3 is 12.0 Å². The van der Waals surface area contributed by atoms with E-state index in [1.165, 1.54) is 29.2 Å². The second-order valence-electron chi connectivity index (χ2n) is 6.58. The number of esters is 1. The molecule has 1 saturated heterocycles. The zero-order valence-electron chi connectivity index (χ0n) is 16.0. The summed E-state index contributed by atoms with van der Waals surface area (Å²) < 4.78 is 17.9. The summed E-state index contributed by atoms with van der Waals surface area (Å²) in [5.74, 6) is -1.12. The van der Waals surface area contributed by atoms with Crippen LogP contribution < -0.4 is 10.6 Å². The molecule has 1 aliphatic heterocycles. The number of hydrogen-bond acceptors (Lipinski definition) is 4. The summed E-state index contributed by atoms with van der Waals surface area (Å²) >= 11 is 0. The number of anilines is 2. The molecule has 152 valence electrons. The largest absolute Gasteiger partial charge is 0.462 e. The average molecular weight is 399 g/mol. The molecule has 1 aliphatic rings. The molecule has 1 fully saturated rings. The van der Waals surface area contributed by atoms with E-state index in [2.05, 4.69) is 10.6 Å². The zero-order chi connectivity index (χ0) is 20.8. The lowest BCUT2D eigenvalue weighted by molar-refractivity contribution is -0.119. The summed E-state index contributed by atoms with van der Waals surface area (Å²) in [5.41, 5.74) is 1.37. The lowest BCUT2D eigenvalue weighted by Gasteiger charge is -2.24. The van der Waals surface area contributed by atoms with Crippen molar-refractivity contribution in [2.75, 3.05) is 23.8 Å². The van der Waals surface area contributed by atoms with Gasteiger partial charge in [0.25, 0.3) is 0 Å². The minimum atomic E-state index is -0.611. The fraction of sp³-hybridized carbons (Fsp3) is 0.286. The van der Waals surface area contributed by atoms with E-state index in [9.17, 15) is 18.8 Å². The van der Waals surface area contributed by atoms with Crippen LogP contribution >= 0.6 is 0 Å². The van der Waals surface area contributed by atoms with Gasteiger partial charge in [0.05, 0.1) is 12.2 Å². The number of nitrogens with zero attached hydrogens (tertiary/aromatic N) is 1. The molecular formula is C21H22FN3O4. The van der Waals surface area contributed by atoms with Gasteiger partial charge in [-0.15, -0.1) is 0 Å². The highest BCUT2D eigenvalue weighted by Crippen LogP contribution is 2.21. The van der Waals surface area contributed by atoms with Crippen LogP contribution in [0.15, 0.2) is 48.5 Å². The van der Waals surface area contributed by atoms with E-state index < -0.39 is 23.9 Å². The van der Waals surface area contributed by atoms with E-state index in [-0.39, 0.29) is 12.5 Å². The maximum Gasteiger partial charge on any atom is 0.338 e. The molecule has 3 rings (SSSR count). The molecule has 7 nitrogen and oxygen atoms in total. The molecule has 0 spiro atoms. The number of halogens is 1. The summed E-state index contributed by atoms with van der Waals surface area (Å²) in [4.78, 5) is 38.4. The van der Waals surface area contributed by atoms with Gasteiger partial charge in [-0.25, -0.2) is 14.0 Å². The van der Waals surface area contributed by atoms with Crippen LogP contribution in [0.25, 0.3) is 0 Å². The van der Waals surface area contributed by atoms with Crippen LogP contribution in [0.2, 0.25) is 0 Å². The van der Waals surface area contributed by atoms with E-state index in [0.717, 1.165) is 0 Å². The van der Waals surface area contributed by atoms with Gasteiger partial charge in [0, 0.05) is 17.9 Å². The number of benzene rings is 2. The third-order valence-corrected chi connectivity index (χ3v) is 4.58. The van der Waals surface area contributed by atoms with Crippen LogP contribution in [0.1, 0.15) is 30.1 Å². The van der Waals surface area contributed by atoms with Crippen molar-refractivity contribution in [1.82, 2.24) is 4.90 Å². The molecule has 3 amide bonds. The van der Waals surface area contributed by atoms with Crippen molar-refractivity contribution in [3.05, 3.63) is 59.9 Å². The van der Waals surface area contributed by atoms with Crippen LogP contribution in [0.5, 0.6) is 0 Å². The van der Waals surface area contributed by atoms with Crippen molar-refractivity contribution in [2.24, 2.45) is 0 Å². The molecular weight excluding hydrogens is 377 g/mol. The lowest BCUT2D eigenvalue weighted by atomic mass is 10.1. The number of rotatable bonds is 5. The van der Waals surface area contributed by atoms with Crippen molar-refractivity contribution < 1.29 is 23.5 Å². The first-order chi connectivity index (χ1) is 14.0. The van der Waals surface area contributed by atoms with Gasteiger partial charge in [-0.1, -0.05) is 0 Å². The maximum atomic E-state index is 13.0. The highest BCUT2D eigenvalue weighted by Gasteiger charge is 2.34. The van der Waals surface area contributed by atoms with Crippen molar-refractivity contribution in [2.45, 2.75) is 25.8 Å². The number of urea groups is 1. The summed E-state index contributed by atoms with van der Waals surface area (Å²) in [5, 5.41) is 5.46. The molecule has 8 heteroatoms. The number of likely N-dealkylation sites (tertiary alicyclic amines) is 1. The van der Waals surface area contributed by atoms with E-state index in [0.29, 0.717) is 36.3 Å². The molecule has 1 atom stereocenters. The Labute approximate surface area is 167 Å². The monoisotopic (exact) mass is 399 g/mol. The molecule has 0 unspecified atom stereocenters. The fourth-order valence-electron chi connectivity index (χ4n) is 3.14. The van der Waals surface area contributed by atoms with Crippen molar-refractivity contribution in [1.29, 1.82) is 0 Å². The Balaban J connectivity index is 1.61. The van der Waals surface area contributed by atoms with E-state index in [1.807, 2.05) is 0 Å². The van der Waals surface area contributed by atoms with Crippen LogP contribution in [-0.2, 0) is 9.53 Å². The quantitative estimate of drug-likeness (QED) is 0.752. The normalized spacial score (nSPS) is 15.7. The standard InChI is InChI=1S/C21H22FN3O4/c1-2-29-20(27)14-5-9-16(10-6-14)23-19(26)18-4-3-13-25(18)21(28)24-17-11-7-15(22)8-12-17/h5-12,18H,2-4,13H2,1H3,(H,23,26)(H,24,28)/t18-/m0/s1. The molecule has 0 radical (unpaired) electrons. The third-order valence-electron chi connectivity index (χ3n) is 4.58. The van der Waals surface area contributed by atoms with Crippen LogP contribution in [0.4, 0.5) is 20.6 Å². The number of amides is 3. The minimum Gasteiger partial charge on any atom is -0.462 e. The zero-order valence-corrected chi connectivity index (χ0v) is 16.0. The summed E-state index contributed by atoms with van der Waals surface area (Å²) in [7, 11) is 0. The molecule has 0 aromatic heterocycles. The summed E-state index contributed by atoms with van der Waals surface area (Å²) in [6.45, 7) is 2.47. The summed E-state index contributed by atoms with van der Waals surface area (Å²) in [6, 6.07) is 10.8. The van der Waals surface area contributed by atoms with Crippen LogP contribution in [0, 0.1) is 5.82 Å². The number of ether oxygens (including phenoxy) is 1. The van der Waals surface area contributed by atoms with Crippen molar-refractivity contribution in [3.8, 4) is 0 Å². The average Bonchev–Trinajstić information content (AvgIpc) is 3.21. The number of nitrogens with one attached hydrogen (secondary N) is 2. The minimum absolute atomic E-state index is 0.287. The second kappa shape index (κ2) is 9.18. The molecule has 29 heavy (non-hydrogen) atoms. The Bertz CT molecular complexity index is 884. The molecule has 0 aliphatic carbocycles. The van der Waals surface area contributed by atoms with Gasteiger partial charge < -0.3 is 20.3 Å².